The molecular formula is C30H43N3O4. The van der Waals surface area contributed by atoms with E-state index in [-0.39, 0.29) is 30.8 Å². The Hall–Kier alpha value is -3.35. The summed E-state index contributed by atoms with van der Waals surface area (Å²) < 4.78 is 5.46. The van der Waals surface area contributed by atoms with Gasteiger partial charge < -0.3 is 20.3 Å². The summed E-state index contributed by atoms with van der Waals surface area (Å²) in [6.45, 7) is 13.4. The molecule has 2 aromatic rings. The van der Waals surface area contributed by atoms with E-state index in [0.29, 0.717) is 0 Å². The van der Waals surface area contributed by atoms with Crippen LogP contribution in [0.5, 0.6) is 0 Å². The first-order valence-electron chi connectivity index (χ1n) is 13.2. The van der Waals surface area contributed by atoms with E-state index in [0.717, 1.165) is 29.5 Å². The van der Waals surface area contributed by atoms with E-state index < -0.39 is 23.8 Å². The van der Waals surface area contributed by atoms with Gasteiger partial charge in [-0.2, -0.15) is 0 Å². The number of rotatable bonds is 11. The maximum atomic E-state index is 14.1. The Morgan fingerprint density at radius 3 is 2.22 bits per heavy atom. The Labute approximate surface area is 222 Å². The molecule has 0 fully saturated rings. The first-order valence-corrected chi connectivity index (χ1v) is 13.2. The van der Waals surface area contributed by atoms with Crippen molar-refractivity contribution in [2.45, 2.75) is 91.5 Å². The number of amides is 3. The molecule has 2 rings (SSSR count). The monoisotopic (exact) mass is 509 g/mol. The summed E-state index contributed by atoms with van der Waals surface area (Å²) in [4.78, 5) is 42.0. The standard InChI is InChI=1S/C30H43N3O4/c1-8-14-22(4)31-27(34)26(24-18-13-15-21(3)19-24)33(9-2)28(35)25(20-23-16-11-10-12-17-23)32-29(36)37-30(5,6)7/h10-13,15-19,22,25-26H,8-9,14,20H2,1-7H3,(H,31,34)(H,32,36). The summed E-state index contributed by atoms with van der Waals surface area (Å²) in [5.41, 5.74) is 1.90. The zero-order valence-corrected chi connectivity index (χ0v) is 23.3. The van der Waals surface area contributed by atoms with Crippen LogP contribution in [0.25, 0.3) is 0 Å². The van der Waals surface area contributed by atoms with Gasteiger partial charge >= 0.3 is 6.09 Å². The summed E-state index contributed by atoms with van der Waals surface area (Å²) in [5.74, 6) is -0.584. The molecule has 0 bridgehead atoms. The molecule has 0 radical (unpaired) electrons. The minimum absolute atomic E-state index is 0.0291. The molecular weight excluding hydrogens is 466 g/mol. The molecule has 0 aliphatic heterocycles. The normalized spacial score (nSPS) is 13.7. The average Bonchev–Trinajstić information content (AvgIpc) is 2.81. The number of likely N-dealkylation sites (N-methyl/N-ethyl adjacent to an activating group) is 1. The molecule has 7 nitrogen and oxygen atoms in total. The SMILES string of the molecule is CCCC(C)NC(=O)C(c1cccc(C)c1)N(CC)C(=O)C(Cc1ccccc1)NC(=O)OC(C)(C)C. The van der Waals surface area contributed by atoms with Crippen molar-refractivity contribution in [3.8, 4) is 0 Å². The molecule has 2 aromatic carbocycles. The predicted molar refractivity (Wildman–Crippen MR) is 147 cm³/mol. The number of carbonyl (C=O) groups is 3. The Balaban J connectivity index is 2.46. The van der Waals surface area contributed by atoms with Crippen molar-refractivity contribution in [3.63, 3.8) is 0 Å². The van der Waals surface area contributed by atoms with Gasteiger partial charge in [-0.1, -0.05) is 73.5 Å². The fourth-order valence-electron chi connectivity index (χ4n) is 4.31. The van der Waals surface area contributed by atoms with Crippen molar-refractivity contribution in [2.24, 2.45) is 0 Å². The number of ether oxygens (including phenoxy) is 1. The molecule has 0 spiro atoms. The first kappa shape index (κ1) is 29.9. The lowest BCUT2D eigenvalue weighted by molar-refractivity contribution is -0.142. The third-order valence-corrected chi connectivity index (χ3v) is 5.92. The van der Waals surface area contributed by atoms with Crippen molar-refractivity contribution >= 4 is 17.9 Å². The highest BCUT2D eigenvalue weighted by Gasteiger charge is 2.36. The fraction of sp³-hybridized carbons (Fsp3) is 0.500. The molecule has 0 heterocycles. The molecule has 202 valence electrons. The van der Waals surface area contributed by atoms with Crippen LogP contribution in [0, 0.1) is 6.92 Å². The summed E-state index contributed by atoms with van der Waals surface area (Å²) >= 11 is 0. The van der Waals surface area contributed by atoms with Gasteiger partial charge in [0.1, 0.15) is 17.7 Å². The molecule has 37 heavy (non-hydrogen) atoms. The van der Waals surface area contributed by atoms with E-state index >= 15 is 0 Å². The second-order valence-electron chi connectivity index (χ2n) is 10.5. The van der Waals surface area contributed by atoms with Gasteiger partial charge in [0.25, 0.3) is 0 Å². The number of benzene rings is 2. The van der Waals surface area contributed by atoms with Crippen LogP contribution in [0.15, 0.2) is 54.6 Å². The van der Waals surface area contributed by atoms with Crippen LogP contribution in [0.1, 0.15) is 77.1 Å². The lowest BCUT2D eigenvalue weighted by Crippen LogP contribution is -2.54. The van der Waals surface area contributed by atoms with Gasteiger partial charge in [0.05, 0.1) is 0 Å². The predicted octanol–water partition coefficient (Wildman–Crippen LogP) is 5.33. The molecule has 0 saturated carbocycles. The lowest BCUT2D eigenvalue weighted by Gasteiger charge is -2.34. The minimum atomic E-state index is -0.912. The van der Waals surface area contributed by atoms with E-state index in [1.165, 1.54) is 0 Å². The zero-order valence-electron chi connectivity index (χ0n) is 23.3. The Bertz CT molecular complexity index is 1030. The van der Waals surface area contributed by atoms with Crippen LogP contribution >= 0.6 is 0 Å². The van der Waals surface area contributed by atoms with Gasteiger partial charge in [-0.25, -0.2) is 4.79 Å². The third kappa shape index (κ3) is 9.56. The second-order valence-corrected chi connectivity index (χ2v) is 10.5. The van der Waals surface area contributed by atoms with Gasteiger partial charge in [-0.3, -0.25) is 9.59 Å². The Morgan fingerprint density at radius 1 is 0.973 bits per heavy atom. The van der Waals surface area contributed by atoms with E-state index in [1.807, 2.05) is 75.4 Å². The molecule has 0 aliphatic rings. The van der Waals surface area contributed by atoms with Crippen molar-refractivity contribution in [2.75, 3.05) is 6.54 Å². The maximum absolute atomic E-state index is 14.1. The molecule has 0 saturated heterocycles. The highest BCUT2D eigenvalue weighted by Crippen LogP contribution is 2.24. The Kier molecular flexibility index (Phi) is 11.2. The number of alkyl carbamates (subject to hydrolysis) is 1. The summed E-state index contributed by atoms with van der Waals surface area (Å²) in [6.07, 6.45) is 1.37. The second kappa shape index (κ2) is 13.8. The highest BCUT2D eigenvalue weighted by atomic mass is 16.6. The van der Waals surface area contributed by atoms with Gasteiger partial charge in [0.15, 0.2) is 0 Å². The van der Waals surface area contributed by atoms with Crippen LogP contribution in [-0.4, -0.2) is 47.0 Å². The molecule has 3 unspecified atom stereocenters. The number of nitrogens with zero attached hydrogens (tertiary/aromatic N) is 1. The van der Waals surface area contributed by atoms with Crippen LogP contribution in [0.3, 0.4) is 0 Å². The van der Waals surface area contributed by atoms with Crippen molar-refractivity contribution in [1.82, 2.24) is 15.5 Å². The first-order chi connectivity index (χ1) is 17.4. The van der Waals surface area contributed by atoms with Crippen LogP contribution in [0.2, 0.25) is 0 Å². The largest absolute Gasteiger partial charge is 0.444 e. The van der Waals surface area contributed by atoms with Gasteiger partial charge in [0.2, 0.25) is 11.8 Å². The molecule has 3 amide bonds. The molecule has 2 N–H and O–H groups in total. The van der Waals surface area contributed by atoms with E-state index in [9.17, 15) is 14.4 Å². The van der Waals surface area contributed by atoms with Crippen molar-refractivity contribution < 1.29 is 19.1 Å². The third-order valence-electron chi connectivity index (χ3n) is 5.92. The maximum Gasteiger partial charge on any atom is 0.408 e. The Morgan fingerprint density at radius 2 is 1.65 bits per heavy atom. The van der Waals surface area contributed by atoms with E-state index in [2.05, 4.69) is 17.6 Å². The van der Waals surface area contributed by atoms with E-state index in [4.69, 9.17) is 4.74 Å². The average molecular weight is 510 g/mol. The number of carbonyl (C=O) groups excluding carboxylic acids is 3. The fourth-order valence-corrected chi connectivity index (χ4v) is 4.31. The van der Waals surface area contributed by atoms with Crippen molar-refractivity contribution in [3.05, 3.63) is 71.3 Å². The van der Waals surface area contributed by atoms with Crippen LogP contribution < -0.4 is 10.6 Å². The van der Waals surface area contributed by atoms with Gasteiger partial charge in [-0.15, -0.1) is 0 Å². The number of hydrogen-bond acceptors (Lipinski definition) is 4. The zero-order chi connectivity index (χ0) is 27.6. The summed E-state index contributed by atoms with van der Waals surface area (Å²) in [5, 5.41) is 5.85. The quantitative estimate of drug-likeness (QED) is 0.429. The highest BCUT2D eigenvalue weighted by molar-refractivity contribution is 5.92. The van der Waals surface area contributed by atoms with E-state index in [1.54, 1.807) is 25.7 Å². The van der Waals surface area contributed by atoms with Gasteiger partial charge in [0, 0.05) is 19.0 Å². The summed E-state index contributed by atoms with van der Waals surface area (Å²) in [7, 11) is 0. The smallest absolute Gasteiger partial charge is 0.408 e. The molecule has 0 aromatic heterocycles. The topological polar surface area (TPSA) is 87.7 Å². The number of hydrogen-bond donors (Lipinski definition) is 2. The summed E-state index contributed by atoms with van der Waals surface area (Å²) in [6, 6.07) is 15.4. The number of nitrogens with one attached hydrogen (secondary N) is 2. The van der Waals surface area contributed by atoms with Crippen LogP contribution in [-0.2, 0) is 20.7 Å². The van der Waals surface area contributed by atoms with Crippen LogP contribution in [0.4, 0.5) is 4.79 Å². The molecule has 0 aliphatic carbocycles. The van der Waals surface area contributed by atoms with Crippen molar-refractivity contribution in [1.29, 1.82) is 0 Å². The van der Waals surface area contributed by atoms with Gasteiger partial charge in [-0.05, 0) is 59.1 Å². The lowest BCUT2D eigenvalue weighted by atomic mass is 9.99. The molecule has 7 heteroatoms. The number of aryl methyl sites for hydroxylation is 1. The molecule has 3 atom stereocenters. The minimum Gasteiger partial charge on any atom is -0.444 e.